The first kappa shape index (κ1) is 12.7. The lowest BCUT2D eigenvalue weighted by Crippen LogP contribution is -2.32. The minimum atomic E-state index is 0. The SMILES string of the molecule is Cl.O=C(c1cc(Cl)c[nH]1)N1C[C@H]2CNC[C@H]2C1. The Morgan fingerprint density at radius 2 is 2.00 bits per heavy atom. The topological polar surface area (TPSA) is 48.1 Å². The van der Waals surface area contributed by atoms with Gasteiger partial charge in [0.05, 0.1) is 5.02 Å². The summed E-state index contributed by atoms with van der Waals surface area (Å²) in [6.45, 7) is 3.82. The van der Waals surface area contributed by atoms with Gasteiger partial charge in [-0.25, -0.2) is 0 Å². The third-order valence-corrected chi connectivity index (χ3v) is 3.77. The predicted molar refractivity (Wildman–Crippen MR) is 68.8 cm³/mol. The molecule has 0 aliphatic carbocycles. The molecule has 3 heterocycles. The van der Waals surface area contributed by atoms with Gasteiger partial charge < -0.3 is 15.2 Å². The van der Waals surface area contributed by atoms with E-state index in [-0.39, 0.29) is 18.3 Å². The highest BCUT2D eigenvalue weighted by Crippen LogP contribution is 2.27. The molecule has 1 aromatic heterocycles. The van der Waals surface area contributed by atoms with E-state index >= 15 is 0 Å². The average molecular weight is 276 g/mol. The van der Waals surface area contributed by atoms with E-state index in [1.807, 2.05) is 4.90 Å². The Kier molecular flexibility index (Phi) is 3.66. The summed E-state index contributed by atoms with van der Waals surface area (Å²) >= 11 is 5.79. The van der Waals surface area contributed by atoms with E-state index in [1.165, 1.54) is 0 Å². The van der Waals surface area contributed by atoms with Crippen LogP contribution in [0.15, 0.2) is 12.3 Å². The Morgan fingerprint density at radius 1 is 1.35 bits per heavy atom. The highest BCUT2D eigenvalue weighted by molar-refractivity contribution is 6.30. The number of nitrogens with zero attached hydrogens (tertiary/aromatic N) is 1. The smallest absolute Gasteiger partial charge is 0.270 e. The van der Waals surface area contributed by atoms with Gasteiger partial charge in [-0.05, 0) is 17.9 Å². The van der Waals surface area contributed by atoms with Crippen LogP contribution in [0.4, 0.5) is 0 Å². The summed E-state index contributed by atoms with van der Waals surface area (Å²) in [5.41, 5.74) is 0.595. The Labute approximate surface area is 111 Å². The summed E-state index contributed by atoms with van der Waals surface area (Å²) in [6.07, 6.45) is 1.65. The molecule has 0 spiro atoms. The number of H-pyrrole nitrogens is 1. The van der Waals surface area contributed by atoms with Crippen molar-refractivity contribution in [2.45, 2.75) is 0 Å². The predicted octanol–water partition coefficient (Wildman–Crippen LogP) is 1.38. The fourth-order valence-corrected chi connectivity index (χ4v) is 2.85. The number of nitrogens with one attached hydrogen (secondary N) is 2. The van der Waals surface area contributed by atoms with Crippen LogP contribution in [0.3, 0.4) is 0 Å². The molecular formula is C11H15Cl2N3O. The van der Waals surface area contributed by atoms with Crippen LogP contribution < -0.4 is 5.32 Å². The van der Waals surface area contributed by atoms with Crippen molar-refractivity contribution in [2.75, 3.05) is 26.2 Å². The number of hydrogen-bond donors (Lipinski definition) is 2. The lowest BCUT2D eigenvalue weighted by atomic mass is 10.0. The molecule has 94 valence electrons. The molecule has 2 fully saturated rings. The third kappa shape index (κ3) is 2.30. The fourth-order valence-electron chi connectivity index (χ4n) is 2.68. The van der Waals surface area contributed by atoms with Crippen LogP contribution in [-0.4, -0.2) is 42.0 Å². The molecule has 6 heteroatoms. The van der Waals surface area contributed by atoms with Gasteiger partial charge in [-0.1, -0.05) is 11.6 Å². The number of aromatic amines is 1. The zero-order valence-corrected chi connectivity index (χ0v) is 10.9. The van der Waals surface area contributed by atoms with Gasteiger partial charge in [0, 0.05) is 32.4 Å². The Hall–Kier alpha value is -0.710. The maximum absolute atomic E-state index is 12.1. The summed E-state index contributed by atoms with van der Waals surface area (Å²) in [4.78, 5) is 16.9. The minimum Gasteiger partial charge on any atom is -0.356 e. The maximum Gasteiger partial charge on any atom is 0.270 e. The molecule has 0 radical (unpaired) electrons. The number of aromatic nitrogens is 1. The zero-order valence-electron chi connectivity index (χ0n) is 9.28. The number of halogens is 2. The van der Waals surface area contributed by atoms with Crippen LogP contribution in [0, 0.1) is 11.8 Å². The fraction of sp³-hybridized carbons (Fsp3) is 0.545. The lowest BCUT2D eigenvalue weighted by molar-refractivity contribution is 0.0776. The van der Waals surface area contributed by atoms with Crippen LogP contribution in [0.2, 0.25) is 5.02 Å². The van der Waals surface area contributed by atoms with Crippen molar-refractivity contribution in [2.24, 2.45) is 11.8 Å². The third-order valence-electron chi connectivity index (χ3n) is 3.55. The van der Waals surface area contributed by atoms with Crippen molar-refractivity contribution in [3.05, 3.63) is 23.0 Å². The van der Waals surface area contributed by atoms with E-state index in [4.69, 9.17) is 11.6 Å². The van der Waals surface area contributed by atoms with Gasteiger partial charge >= 0.3 is 0 Å². The van der Waals surface area contributed by atoms with Crippen molar-refractivity contribution in [3.8, 4) is 0 Å². The van der Waals surface area contributed by atoms with E-state index in [0.29, 0.717) is 22.6 Å². The molecule has 2 aliphatic rings. The molecule has 0 bridgehead atoms. The molecule has 2 N–H and O–H groups in total. The maximum atomic E-state index is 12.1. The molecule has 1 aromatic rings. The number of rotatable bonds is 1. The molecule has 2 saturated heterocycles. The standard InChI is InChI=1S/C11H14ClN3O.ClH/c12-9-1-10(14-4-9)11(16)15-5-7-2-13-3-8(7)6-15;/h1,4,7-8,13-14H,2-3,5-6H2;1H/t7-,8+;. The first-order valence-corrected chi connectivity index (χ1v) is 5.96. The van der Waals surface area contributed by atoms with Crippen LogP contribution in [0.5, 0.6) is 0 Å². The summed E-state index contributed by atoms with van der Waals surface area (Å²) < 4.78 is 0. The number of hydrogen-bond acceptors (Lipinski definition) is 2. The van der Waals surface area contributed by atoms with Crippen molar-refractivity contribution in [3.63, 3.8) is 0 Å². The summed E-state index contributed by atoms with van der Waals surface area (Å²) in [7, 11) is 0. The summed E-state index contributed by atoms with van der Waals surface area (Å²) in [5.74, 6) is 1.34. The zero-order chi connectivity index (χ0) is 11.1. The van der Waals surface area contributed by atoms with Crippen molar-refractivity contribution < 1.29 is 4.79 Å². The van der Waals surface area contributed by atoms with Gasteiger partial charge in [0.15, 0.2) is 0 Å². The Balaban J connectivity index is 0.00000108. The average Bonchev–Trinajstić information content (AvgIpc) is 2.89. The molecule has 4 nitrogen and oxygen atoms in total. The van der Waals surface area contributed by atoms with Crippen LogP contribution in [-0.2, 0) is 0 Å². The molecule has 0 unspecified atom stereocenters. The normalized spacial score (nSPS) is 26.8. The number of likely N-dealkylation sites (tertiary alicyclic amines) is 1. The molecule has 2 aliphatic heterocycles. The second kappa shape index (κ2) is 4.88. The van der Waals surface area contributed by atoms with E-state index in [2.05, 4.69) is 10.3 Å². The molecule has 3 rings (SSSR count). The van der Waals surface area contributed by atoms with E-state index in [9.17, 15) is 4.79 Å². The van der Waals surface area contributed by atoms with Gasteiger partial charge in [-0.15, -0.1) is 12.4 Å². The van der Waals surface area contributed by atoms with Gasteiger partial charge in [0.25, 0.3) is 5.91 Å². The molecule has 0 saturated carbocycles. The number of amides is 1. The molecule has 17 heavy (non-hydrogen) atoms. The monoisotopic (exact) mass is 275 g/mol. The van der Waals surface area contributed by atoms with Crippen molar-refractivity contribution >= 4 is 29.9 Å². The lowest BCUT2D eigenvalue weighted by Gasteiger charge is -2.16. The second-order valence-corrected chi connectivity index (χ2v) is 5.06. The van der Waals surface area contributed by atoms with Crippen LogP contribution in [0.1, 0.15) is 10.5 Å². The highest BCUT2D eigenvalue weighted by Gasteiger charge is 2.38. The molecular weight excluding hydrogens is 261 g/mol. The van der Waals surface area contributed by atoms with Crippen molar-refractivity contribution in [1.29, 1.82) is 0 Å². The first-order valence-electron chi connectivity index (χ1n) is 5.58. The first-order chi connectivity index (χ1) is 7.74. The van der Waals surface area contributed by atoms with Gasteiger partial charge in [-0.3, -0.25) is 4.79 Å². The largest absolute Gasteiger partial charge is 0.356 e. The number of fused-ring (bicyclic) bond motifs is 1. The summed E-state index contributed by atoms with van der Waals surface area (Å²) in [5, 5.41) is 3.95. The highest BCUT2D eigenvalue weighted by atomic mass is 35.5. The van der Waals surface area contributed by atoms with E-state index < -0.39 is 0 Å². The van der Waals surface area contributed by atoms with Gasteiger partial charge in [-0.2, -0.15) is 0 Å². The van der Waals surface area contributed by atoms with Gasteiger partial charge in [0.2, 0.25) is 0 Å². The van der Waals surface area contributed by atoms with E-state index in [1.54, 1.807) is 12.3 Å². The Morgan fingerprint density at radius 3 is 2.53 bits per heavy atom. The molecule has 2 atom stereocenters. The number of carbonyl (C=O) groups excluding carboxylic acids is 1. The second-order valence-electron chi connectivity index (χ2n) is 4.62. The van der Waals surface area contributed by atoms with Crippen molar-refractivity contribution in [1.82, 2.24) is 15.2 Å². The van der Waals surface area contributed by atoms with Crippen LogP contribution in [0.25, 0.3) is 0 Å². The molecule has 1 amide bonds. The molecule has 0 aromatic carbocycles. The Bertz CT molecular complexity index is 409. The van der Waals surface area contributed by atoms with Gasteiger partial charge in [0.1, 0.15) is 5.69 Å². The van der Waals surface area contributed by atoms with Crippen LogP contribution >= 0.6 is 24.0 Å². The summed E-state index contributed by atoms with van der Waals surface area (Å²) in [6, 6.07) is 1.69. The number of carbonyl (C=O) groups is 1. The minimum absolute atomic E-state index is 0. The quantitative estimate of drug-likeness (QED) is 0.814. The van der Waals surface area contributed by atoms with E-state index in [0.717, 1.165) is 26.2 Å².